The van der Waals surface area contributed by atoms with E-state index in [1.54, 1.807) is 18.7 Å². The van der Waals surface area contributed by atoms with Crippen LogP contribution in [0.5, 0.6) is 0 Å². The molecule has 0 aliphatic carbocycles. The quantitative estimate of drug-likeness (QED) is 0.566. The van der Waals surface area contributed by atoms with Crippen molar-refractivity contribution >= 4 is 23.6 Å². The van der Waals surface area contributed by atoms with E-state index in [1.807, 2.05) is 6.92 Å². The summed E-state index contributed by atoms with van der Waals surface area (Å²) < 4.78 is 0. The minimum Gasteiger partial charge on any atom is -0.477 e. The lowest BCUT2D eigenvalue weighted by molar-refractivity contribution is -0.163. The van der Waals surface area contributed by atoms with Gasteiger partial charge in [0, 0.05) is 35.7 Å². The SMILES string of the molecule is C[C@@H](O)[C@H]1C(=O)N2C(C(=O)O)=C(SC3CN(CC4CCCNC4)C3)[C@H](C)[C@H]12. The van der Waals surface area contributed by atoms with Crippen LogP contribution >= 0.6 is 11.8 Å². The molecule has 150 valence electrons. The Morgan fingerprint density at radius 1 is 1.41 bits per heavy atom. The number of thioether (sulfide) groups is 1. The molecule has 0 spiro atoms. The number of carbonyl (C=O) groups is 2. The van der Waals surface area contributed by atoms with Crippen molar-refractivity contribution in [2.24, 2.45) is 17.8 Å². The number of piperidine rings is 1. The maximum Gasteiger partial charge on any atom is 0.353 e. The summed E-state index contributed by atoms with van der Waals surface area (Å²) in [5.41, 5.74) is 0.148. The Bertz CT molecular complexity index is 655. The number of likely N-dealkylation sites (tertiary alicyclic amines) is 1. The number of β-lactam (4-membered cyclic amide) rings is 1. The smallest absolute Gasteiger partial charge is 0.353 e. The molecule has 0 bridgehead atoms. The number of rotatable bonds is 6. The molecule has 4 aliphatic rings. The van der Waals surface area contributed by atoms with E-state index in [9.17, 15) is 19.8 Å². The Balaban J connectivity index is 1.38. The first kappa shape index (κ1) is 19.2. The van der Waals surface area contributed by atoms with Gasteiger partial charge in [0.2, 0.25) is 5.91 Å². The molecule has 4 rings (SSSR count). The van der Waals surface area contributed by atoms with Gasteiger partial charge in [-0.2, -0.15) is 0 Å². The van der Waals surface area contributed by atoms with Crippen LogP contribution in [-0.4, -0.2) is 82.0 Å². The fraction of sp³-hybridized carbons (Fsp3) is 0.789. The lowest BCUT2D eigenvalue weighted by Gasteiger charge is -2.46. The summed E-state index contributed by atoms with van der Waals surface area (Å²) >= 11 is 1.63. The number of aliphatic carboxylic acids is 1. The summed E-state index contributed by atoms with van der Waals surface area (Å²) in [6.45, 7) is 8.89. The number of hydrogen-bond donors (Lipinski definition) is 3. The highest BCUT2D eigenvalue weighted by Crippen LogP contribution is 2.51. The molecular weight excluding hydrogens is 366 g/mol. The highest BCUT2D eigenvalue weighted by Gasteiger charge is 2.60. The average molecular weight is 396 g/mol. The molecule has 1 amide bonds. The van der Waals surface area contributed by atoms with Crippen molar-refractivity contribution < 1.29 is 19.8 Å². The number of nitrogens with one attached hydrogen (secondary N) is 1. The zero-order chi connectivity index (χ0) is 19.3. The molecular formula is C19H29N3O4S. The predicted octanol–water partition coefficient (Wildman–Crippen LogP) is 0.557. The Kier molecular flexibility index (Phi) is 5.26. The van der Waals surface area contributed by atoms with Gasteiger partial charge in [-0.3, -0.25) is 4.79 Å². The summed E-state index contributed by atoms with van der Waals surface area (Å²) in [6.07, 6.45) is 1.79. The Hall–Kier alpha value is -1.09. The molecule has 1 unspecified atom stereocenters. The van der Waals surface area contributed by atoms with E-state index < -0.39 is 18.0 Å². The van der Waals surface area contributed by atoms with Crippen LogP contribution in [0.3, 0.4) is 0 Å². The van der Waals surface area contributed by atoms with Gasteiger partial charge in [0.05, 0.1) is 18.1 Å². The van der Waals surface area contributed by atoms with Gasteiger partial charge >= 0.3 is 5.97 Å². The van der Waals surface area contributed by atoms with Crippen LogP contribution < -0.4 is 5.32 Å². The molecule has 0 aromatic rings. The van der Waals surface area contributed by atoms with Crippen LogP contribution in [0, 0.1) is 17.8 Å². The molecule has 3 N–H and O–H groups in total. The molecule has 0 aromatic carbocycles. The van der Waals surface area contributed by atoms with Crippen molar-refractivity contribution in [1.82, 2.24) is 15.1 Å². The minimum absolute atomic E-state index is 0.0324. The molecule has 0 radical (unpaired) electrons. The Labute approximate surface area is 164 Å². The van der Waals surface area contributed by atoms with E-state index >= 15 is 0 Å². The number of carboxylic acid groups (broad SMARTS) is 1. The van der Waals surface area contributed by atoms with Crippen LogP contribution in [0.1, 0.15) is 26.7 Å². The largest absolute Gasteiger partial charge is 0.477 e. The van der Waals surface area contributed by atoms with E-state index in [-0.39, 0.29) is 23.6 Å². The van der Waals surface area contributed by atoms with E-state index in [2.05, 4.69) is 10.2 Å². The van der Waals surface area contributed by atoms with E-state index in [4.69, 9.17) is 0 Å². The summed E-state index contributed by atoms with van der Waals surface area (Å²) in [7, 11) is 0. The molecule has 0 aromatic heterocycles. The standard InChI is InChI=1S/C19H29N3O4S/c1-10-15-14(11(2)23)18(24)22(15)16(19(25)26)17(10)27-13-8-21(9-13)7-12-4-3-5-20-6-12/h10-15,20,23H,3-9H2,1-2H3,(H,25,26)/t10-,11-,12?,14-,15-/m1/s1. The highest BCUT2D eigenvalue weighted by atomic mass is 32.2. The first-order valence-corrected chi connectivity index (χ1v) is 10.8. The Morgan fingerprint density at radius 2 is 2.15 bits per heavy atom. The normalized spacial score (nSPS) is 35.7. The molecule has 5 atom stereocenters. The number of nitrogens with zero attached hydrogens (tertiary/aromatic N) is 2. The number of carboxylic acids is 1. The minimum atomic E-state index is -1.03. The molecule has 0 saturated carbocycles. The third kappa shape index (κ3) is 3.30. The highest BCUT2D eigenvalue weighted by molar-refractivity contribution is 8.03. The van der Waals surface area contributed by atoms with E-state index in [0.717, 1.165) is 43.5 Å². The van der Waals surface area contributed by atoms with Gasteiger partial charge in [0.15, 0.2) is 0 Å². The maximum atomic E-state index is 12.4. The van der Waals surface area contributed by atoms with Crippen molar-refractivity contribution in [3.63, 3.8) is 0 Å². The second kappa shape index (κ2) is 7.39. The van der Waals surface area contributed by atoms with Crippen molar-refractivity contribution in [3.8, 4) is 0 Å². The summed E-state index contributed by atoms with van der Waals surface area (Å²) in [5, 5.41) is 23.4. The summed E-state index contributed by atoms with van der Waals surface area (Å²) in [6, 6.07) is -0.212. The third-order valence-electron chi connectivity index (χ3n) is 6.44. The first-order chi connectivity index (χ1) is 12.9. The number of hydrogen-bond acceptors (Lipinski definition) is 6. The van der Waals surface area contributed by atoms with Gasteiger partial charge in [-0.25, -0.2) is 4.79 Å². The van der Waals surface area contributed by atoms with Gasteiger partial charge in [-0.1, -0.05) is 6.92 Å². The zero-order valence-electron chi connectivity index (χ0n) is 15.9. The molecule has 3 fully saturated rings. The second-order valence-electron chi connectivity index (χ2n) is 8.44. The van der Waals surface area contributed by atoms with Gasteiger partial charge in [0.1, 0.15) is 5.70 Å². The monoisotopic (exact) mass is 395 g/mol. The number of aliphatic hydroxyl groups excluding tert-OH is 1. The molecule has 3 saturated heterocycles. The van der Waals surface area contributed by atoms with Crippen molar-refractivity contribution in [2.45, 2.75) is 44.1 Å². The molecule has 7 nitrogen and oxygen atoms in total. The predicted molar refractivity (Wildman–Crippen MR) is 103 cm³/mol. The number of amides is 1. The van der Waals surface area contributed by atoms with Gasteiger partial charge in [-0.05, 0) is 38.8 Å². The lowest BCUT2D eigenvalue weighted by atomic mass is 9.79. The number of aliphatic hydroxyl groups is 1. The van der Waals surface area contributed by atoms with Gasteiger partial charge in [0.25, 0.3) is 0 Å². The zero-order valence-corrected chi connectivity index (χ0v) is 16.7. The average Bonchev–Trinajstić information content (AvgIpc) is 2.83. The van der Waals surface area contributed by atoms with Crippen molar-refractivity contribution in [1.29, 1.82) is 0 Å². The third-order valence-corrected chi connectivity index (χ3v) is 7.89. The Morgan fingerprint density at radius 3 is 2.74 bits per heavy atom. The van der Waals surface area contributed by atoms with Crippen LogP contribution in [0.15, 0.2) is 10.6 Å². The molecule has 8 heteroatoms. The maximum absolute atomic E-state index is 12.4. The lowest BCUT2D eigenvalue weighted by Crippen LogP contribution is -2.63. The van der Waals surface area contributed by atoms with Gasteiger partial charge < -0.3 is 25.3 Å². The van der Waals surface area contributed by atoms with Gasteiger partial charge in [-0.15, -0.1) is 11.8 Å². The topological polar surface area (TPSA) is 93.1 Å². The number of fused-ring (bicyclic) bond motifs is 1. The van der Waals surface area contributed by atoms with Crippen molar-refractivity contribution in [3.05, 3.63) is 10.6 Å². The van der Waals surface area contributed by atoms with E-state index in [1.165, 1.54) is 17.7 Å². The molecule has 4 aliphatic heterocycles. The first-order valence-electron chi connectivity index (χ1n) is 9.96. The second-order valence-corrected chi connectivity index (χ2v) is 9.78. The summed E-state index contributed by atoms with van der Waals surface area (Å²) in [4.78, 5) is 28.9. The van der Waals surface area contributed by atoms with Crippen molar-refractivity contribution in [2.75, 3.05) is 32.7 Å². The molecule has 4 heterocycles. The van der Waals surface area contributed by atoms with Crippen LogP contribution in [-0.2, 0) is 9.59 Å². The van der Waals surface area contributed by atoms with Crippen LogP contribution in [0.25, 0.3) is 0 Å². The fourth-order valence-corrected chi connectivity index (χ4v) is 6.63. The number of carbonyl (C=O) groups excluding carboxylic acids is 1. The molecule has 27 heavy (non-hydrogen) atoms. The van der Waals surface area contributed by atoms with Crippen LogP contribution in [0.4, 0.5) is 0 Å². The fourth-order valence-electron chi connectivity index (χ4n) is 5.05. The van der Waals surface area contributed by atoms with E-state index in [0.29, 0.717) is 5.25 Å². The van der Waals surface area contributed by atoms with Crippen LogP contribution in [0.2, 0.25) is 0 Å². The summed E-state index contributed by atoms with van der Waals surface area (Å²) in [5.74, 6) is -1.09.